The van der Waals surface area contributed by atoms with E-state index in [2.05, 4.69) is 0 Å². The fourth-order valence-electron chi connectivity index (χ4n) is 2.15. The molecule has 1 aromatic rings. The fourth-order valence-corrected chi connectivity index (χ4v) is 2.15. The van der Waals surface area contributed by atoms with Gasteiger partial charge in [0.2, 0.25) is 0 Å². The first-order valence-corrected chi connectivity index (χ1v) is 5.86. The van der Waals surface area contributed by atoms with Gasteiger partial charge < -0.3 is 15.7 Å². The average molecular weight is 265 g/mol. The molecular weight excluding hydrogens is 250 g/mol. The molecule has 1 heterocycles. The molecule has 7 heteroatoms. The van der Waals surface area contributed by atoms with Gasteiger partial charge in [-0.3, -0.25) is 14.9 Å². The van der Waals surface area contributed by atoms with Crippen LogP contribution in [0.3, 0.4) is 0 Å². The van der Waals surface area contributed by atoms with Crippen LogP contribution in [-0.4, -0.2) is 39.5 Å². The third kappa shape index (κ3) is 2.65. The van der Waals surface area contributed by atoms with Crippen molar-refractivity contribution in [2.45, 2.75) is 18.9 Å². The summed E-state index contributed by atoms with van der Waals surface area (Å²) in [6, 6.07) is 3.90. The zero-order valence-corrected chi connectivity index (χ0v) is 10.5. The molecule has 0 aliphatic carbocycles. The van der Waals surface area contributed by atoms with Crippen LogP contribution in [0.4, 0.5) is 11.4 Å². The van der Waals surface area contributed by atoms with E-state index in [-0.39, 0.29) is 23.8 Å². The lowest BCUT2D eigenvalue weighted by Crippen LogP contribution is -2.33. The number of aliphatic hydroxyl groups is 1. The molecule has 102 valence electrons. The summed E-state index contributed by atoms with van der Waals surface area (Å²) in [4.78, 5) is 23.7. The van der Waals surface area contributed by atoms with Crippen molar-refractivity contribution in [3.8, 4) is 0 Å². The lowest BCUT2D eigenvalue weighted by Gasteiger charge is -2.19. The molecule has 2 rings (SSSR count). The van der Waals surface area contributed by atoms with Crippen LogP contribution in [0.15, 0.2) is 18.2 Å². The van der Waals surface area contributed by atoms with Crippen molar-refractivity contribution in [2.24, 2.45) is 0 Å². The number of benzene rings is 1. The third-order valence-electron chi connectivity index (χ3n) is 3.21. The number of nitrogens with zero attached hydrogens (tertiary/aromatic N) is 2. The van der Waals surface area contributed by atoms with Gasteiger partial charge in [0.05, 0.1) is 10.5 Å². The van der Waals surface area contributed by atoms with Crippen molar-refractivity contribution in [3.63, 3.8) is 0 Å². The maximum atomic E-state index is 12.2. The van der Waals surface area contributed by atoms with Gasteiger partial charge in [0.1, 0.15) is 5.69 Å². The molecule has 1 aromatic carbocycles. The van der Waals surface area contributed by atoms with Crippen molar-refractivity contribution in [1.82, 2.24) is 4.90 Å². The van der Waals surface area contributed by atoms with Crippen LogP contribution in [0, 0.1) is 10.1 Å². The van der Waals surface area contributed by atoms with Crippen LogP contribution >= 0.6 is 0 Å². The molecule has 7 nitrogen and oxygen atoms in total. The van der Waals surface area contributed by atoms with E-state index in [1.54, 1.807) is 6.92 Å². The van der Waals surface area contributed by atoms with Gasteiger partial charge in [-0.15, -0.1) is 0 Å². The summed E-state index contributed by atoms with van der Waals surface area (Å²) >= 11 is 0. The van der Waals surface area contributed by atoms with E-state index < -0.39 is 10.5 Å². The van der Waals surface area contributed by atoms with E-state index >= 15 is 0 Å². The maximum Gasteiger partial charge on any atom is 0.292 e. The Bertz CT molecular complexity index is 542. The minimum absolute atomic E-state index is 0.0400. The van der Waals surface area contributed by atoms with Crippen LogP contribution in [0.1, 0.15) is 23.7 Å². The Balaban J connectivity index is 2.21. The first-order valence-electron chi connectivity index (χ1n) is 5.86. The number of nitro benzene ring substituents is 1. The van der Waals surface area contributed by atoms with E-state index in [1.165, 1.54) is 23.1 Å². The van der Waals surface area contributed by atoms with Gasteiger partial charge in [-0.25, -0.2) is 0 Å². The first kappa shape index (κ1) is 13.3. The first-order chi connectivity index (χ1) is 8.80. The fraction of sp³-hybridized carbons (Fsp3) is 0.417. The molecule has 0 aromatic heterocycles. The molecule has 0 bridgehead atoms. The van der Waals surface area contributed by atoms with Gasteiger partial charge in [0.25, 0.3) is 11.6 Å². The number of carbonyl (C=O) groups excluding carboxylic acids is 1. The van der Waals surface area contributed by atoms with Gasteiger partial charge in [-0.05, 0) is 25.5 Å². The number of carbonyl (C=O) groups is 1. The highest BCUT2D eigenvalue weighted by molar-refractivity contribution is 5.96. The van der Waals surface area contributed by atoms with Gasteiger partial charge in [0, 0.05) is 24.7 Å². The molecule has 1 aliphatic heterocycles. The Hall–Kier alpha value is -2.15. The monoisotopic (exact) mass is 265 g/mol. The smallest absolute Gasteiger partial charge is 0.292 e. The number of hydrogen-bond acceptors (Lipinski definition) is 5. The zero-order valence-electron chi connectivity index (χ0n) is 10.5. The third-order valence-corrected chi connectivity index (χ3v) is 3.21. The lowest BCUT2D eigenvalue weighted by atomic mass is 10.1. The molecule has 0 radical (unpaired) electrons. The number of rotatable bonds is 2. The quantitative estimate of drug-likeness (QED) is 0.466. The molecule has 1 aliphatic rings. The standard InChI is InChI=1S/C12H15N3O4/c1-12(17)4-5-14(7-12)11(16)8-2-3-10(15(18)19)9(13)6-8/h2-3,6,17H,4-5,7,13H2,1H3. The highest BCUT2D eigenvalue weighted by Crippen LogP contribution is 2.25. The van der Waals surface area contributed by atoms with E-state index in [1.807, 2.05) is 0 Å². The van der Waals surface area contributed by atoms with Crippen LogP contribution in [0.5, 0.6) is 0 Å². The molecule has 1 atom stereocenters. The number of hydrogen-bond donors (Lipinski definition) is 2. The molecule has 0 spiro atoms. The minimum Gasteiger partial charge on any atom is -0.393 e. The summed E-state index contributed by atoms with van der Waals surface area (Å²) in [7, 11) is 0. The van der Waals surface area contributed by atoms with Crippen molar-refractivity contribution in [1.29, 1.82) is 0 Å². The number of anilines is 1. The molecular formula is C12H15N3O4. The average Bonchev–Trinajstić information content (AvgIpc) is 2.68. The molecule has 1 amide bonds. The highest BCUT2D eigenvalue weighted by Gasteiger charge is 2.34. The summed E-state index contributed by atoms with van der Waals surface area (Å²) in [5, 5.41) is 20.5. The normalized spacial score (nSPS) is 22.5. The van der Waals surface area contributed by atoms with Crippen LogP contribution in [0.2, 0.25) is 0 Å². The summed E-state index contributed by atoms with van der Waals surface area (Å²) < 4.78 is 0. The van der Waals surface area contributed by atoms with E-state index in [9.17, 15) is 20.0 Å². The van der Waals surface area contributed by atoms with E-state index in [4.69, 9.17) is 5.73 Å². The molecule has 1 unspecified atom stereocenters. The number of nitrogen functional groups attached to an aromatic ring is 1. The summed E-state index contributed by atoms with van der Waals surface area (Å²) in [5.41, 5.74) is 4.71. The van der Waals surface area contributed by atoms with Gasteiger partial charge >= 0.3 is 0 Å². The Morgan fingerprint density at radius 3 is 2.74 bits per heavy atom. The lowest BCUT2D eigenvalue weighted by molar-refractivity contribution is -0.383. The second-order valence-electron chi connectivity index (χ2n) is 5.00. The van der Waals surface area contributed by atoms with E-state index in [0.717, 1.165) is 0 Å². The molecule has 3 N–H and O–H groups in total. The summed E-state index contributed by atoms with van der Waals surface area (Å²) in [5.74, 6) is -0.278. The molecule has 1 fully saturated rings. The van der Waals surface area contributed by atoms with Crippen molar-refractivity contribution in [3.05, 3.63) is 33.9 Å². The predicted octanol–water partition coefficient (Wildman–Crippen LogP) is 0.774. The molecule has 0 saturated carbocycles. The second kappa shape index (κ2) is 4.51. The zero-order chi connectivity index (χ0) is 14.2. The molecule has 19 heavy (non-hydrogen) atoms. The number of nitrogens with two attached hydrogens (primary N) is 1. The SMILES string of the molecule is CC1(O)CCN(C(=O)c2ccc([N+](=O)[O-])c(N)c2)C1. The summed E-state index contributed by atoms with van der Waals surface area (Å²) in [6.45, 7) is 2.38. The Kier molecular flexibility index (Phi) is 3.15. The van der Waals surface area contributed by atoms with Gasteiger partial charge in [0.15, 0.2) is 0 Å². The van der Waals surface area contributed by atoms with Crippen molar-refractivity contribution >= 4 is 17.3 Å². The number of likely N-dealkylation sites (tertiary alicyclic amines) is 1. The van der Waals surface area contributed by atoms with Crippen molar-refractivity contribution < 1.29 is 14.8 Å². The number of β-amino-alcohol motifs (C(OH)–C–C–N with tert-alkyl or cyclic N) is 1. The summed E-state index contributed by atoms with van der Waals surface area (Å²) in [6.07, 6.45) is 0.515. The number of amides is 1. The number of nitro groups is 1. The van der Waals surface area contributed by atoms with Gasteiger partial charge in [-0.2, -0.15) is 0 Å². The Morgan fingerprint density at radius 2 is 2.26 bits per heavy atom. The second-order valence-corrected chi connectivity index (χ2v) is 5.00. The van der Waals surface area contributed by atoms with Gasteiger partial charge in [-0.1, -0.05) is 0 Å². The largest absolute Gasteiger partial charge is 0.393 e. The Labute approximate surface area is 109 Å². The maximum absolute atomic E-state index is 12.2. The van der Waals surface area contributed by atoms with Crippen molar-refractivity contribution in [2.75, 3.05) is 18.8 Å². The molecule has 1 saturated heterocycles. The van der Waals surface area contributed by atoms with Crippen LogP contribution < -0.4 is 5.73 Å². The topological polar surface area (TPSA) is 110 Å². The van der Waals surface area contributed by atoms with Crippen LogP contribution in [0.25, 0.3) is 0 Å². The Morgan fingerprint density at radius 1 is 1.58 bits per heavy atom. The predicted molar refractivity (Wildman–Crippen MR) is 68.7 cm³/mol. The highest BCUT2D eigenvalue weighted by atomic mass is 16.6. The van der Waals surface area contributed by atoms with Crippen LogP contribution in [-0.2, 0) is 0 Å². The minimum atomic E-state index is -0.873. The van der Waals surface area contributed by atoms with E-state index in [0.29, 0.717) is 18.5 Å².